The summed E-state index contributed by atoms with van der Waals surface area (Å²) in [5.41, 5.74) is 1.49. The fourth-order valence-electron chi connectivity index (χ4n) is 1.55. The number of hydrogen-bond donors (Lipinski definition) is 1. The van der Waals surface area contributed by atoms with Crippen LogP contribution in [0.5, 0.6) is 0 Å². The van der Waals surface area contributed by atoms with Gasteiger partial charge < -0.3 is 5.32 Å². The first-order valence-electron chi connectivity index (χ1n) is 5.48. The Balaban J connectivity index is 2.33. The third kappa shape index (κ3) is 3.43. The Morgan fingerprint density at radius 1 is 1.43 bits per heavy atom. The van der Waals surface area contributed by atoms with E-state index in [1.54, 1.807) is 11.3 Å². The molecule has 0 aliphatic rings. The maximum absolute atomic E-state index is 3.48. The normalized spacial score (nSPS) is 15.4. The monoisotopic (exact) mass is 211 g/mol. The standard InChI is InChI=1S/C12H21NS/c1-4-6-13-8-10(2)11(3)12-5-7-14-9-12/h5,7,9-11,13H,4,6,8H2,1-3H3. The molecule has 1 rings (SSSR count). The van der Waals surface area contributed by atoms with Crippen LogP contribution < -0.4 is 5.32 Å². The van der Waals surface area contributed by atoms with Gasteiger partial charge in [0.05, 0.1) is 0 Å². The van der Waals surface area contributed by atoms with Gasteiger partial charge in [0, 0.05) is 0 Å². The number of nitrogens with one attached hydrogen (secondary N) is 1. The fourth-order valence-corrected chi connectivity index (χ4v) is 2.31. The second-order valence-electron chi connectivity index (χ2n) is 4.03. The summed E-state index contributed by atoms with van der Waals surface area (Å²) in [7, 11) is 0. The van der Waals surface area contributed by atoms with Crippen molar-refractivity contribution in [1.82, 2.24) is 5.32 Å². The second-order valence-corrected chi connectivity index (χ2v) is 4.81. The summed E-state index contributed by atoms with van der Waals surface area (Å²) in [6, 6.07) is 2.24. The third-order valence-electron chi connectivity index (χ3n) is 2.82. The Labute approximate surface area is 91.5 Å². The van der Waals surface area contributed by atoms with E-state index in [1.165, 1.54) is 12.0 Å². The summed E-state index contributed by atoms with van der Waals surface area (Å²) in [6.07, 6.45) is 1.22. The maximum atomic E-state index is 3.48. The molecule has 2 heteroatoms. The molecule has 0 saturated heterocycles. The molecule has 0 radical (unpaired) electrons. The van der Waals surface area contributed by atoms with Gasteiger partial charge >= 0.3 is 0 Å². The Kier molecular flexibility index (Phi) is 5.20. The first kappa shape index (κ1) is 11.7. The highest BCUT2D eigenvalue weighted by molar-refractivity contribution is 7.07. The van der Waals surface area contributed by atoms with E-state index in [9.17, 15) is 0 Å². The van der Waals surface area contributed by atoms with Gasteiger partial charge in [0.2, 0.25) is 0 Å². The van der Waals surface area contributed by atoms with Crippen LogP contribution in [0.25, 0.3) is 0 Å². The van der Waals surface area contributed by atoms with Crippen LogP contribution in [-0.2, 0) is 0 Å². The van der Waals surface area contributed by atoms with Crippen molar-refractivity contribution in [2.45, 2.75) is 33.1 Å². The smallest absolute Gasteiger partial charge is 0.00174 e. The zero-order chi connectivity index (χ0) is 10.4. The van der Waals surface area contributed by atoms with Crippen molar-refractivity contribution in [2.75, 3.05) is 13.1 Å². The molecule has 14 heavy (non-hydrogen) atoms. The second kappa shape index (κ2) is 6.20. The molecular formula is C12H21NS. The lowest BCUT2D eigenvalue weighted by molar-refractivity contribution is 0.449. The summed E-state index contributed by atoms with van der Waals surface area (Å²) in [4.78, 5) is 0. The van der Waals surface area contributed by atoms with Gasteiger partial charge in [-0.2, -0.15) is 11.3 Å². The Morgan fingerprint density at radius 3 is 2.79 bits per heavy atom. The molecule has 1 heterocycles. The van der Waals surface area contributed by atoms with Crippen molar-refractivity contribution in [1.29, 1.82) is 0 Å². The first-order chi connectivity index (χ1) is 6.75. The average molecular weight is 211 g/mol. The predicted octanol–water partition coefficient (Wildman–Crippen LogP) is 3.49. The molecular weight excluding hydrogens is 190 g/mol. The summed E-state index contributed by atoms with van der Waals surface area (Å²) in [5.74, 6) is 1.39. The van der Waals surface area contributed by atoms with E-state index >= 15 is 0 Å². The van der Waals surface area contributed by atoms with E-state index < -0.39 is 0 Å². The molecule has 0 amide bonds. The van der Waals surface area contributed by atoms with Crippen LogP contribution >= 0.6 is 11.3 Å². The van der Waals surface area contributed by atoms with Gasteiger partial charge in [-0.25, -0.2) is 0 Å². The third-order valence-corrected chi connectivity index (χ3v) is 3.52. The molecule has 0 aromatic carbocycles. The molecule has 1 nitrogen and oxygen atoms in total. The van der Waals surface area contributed by atoms with E-state index in [0.717, 1.165) is 19.0 Å². The van der Waals surface area contributed by atoms with Crippen molar-refractivity contribution >= 4 is 11.3 Å². The van der Waals surface area contributed by atoms with Crippen molar-refractivity contribution < 1.29 is 0 Å². The molecule has 1 aromatic rings. The van der Waals surface area contributed by atoms with Gasteiger partial charge in [0.15, 0.2) is 0 Å². The molecule has 1 aromatic heterocycles. The minimum Gasteiger partial charge on any atom is -0.316 e. The predicted molar refractivity (Wildman–Crippen MR) is 65.1 cm³/mol. The molecule has 0 aliphatic carbocycles. The summed E-state index contributed by atoms with van der Waals surface area (Å²) < 4.78 is 0. The summed E-state index contributed by atoms with van der Waals surface area (Å²) >= 11 is 1.79. The molecule has 0 bridgehead atoms. The van der Waals surface area contributed by atoms with Gasteiger partial charge in [-0.05, 0) is 53.7 Å². The first-order valence-corrected chi connectivity index (χ1v) is 6.42. The van der Waals surface area contributed by atoms with E-state index in [-0.39, 0.29) is 0 Å². The molecule has 0 saturated carbocycles. The fraction of sp³-hybridized carbons (Fsp3) is 0.667. The minimum atomic E-state index is 0.672. The van der Waals surface area contributed by atoms with Crippen molar-refractivity contribution in [2.24, 2.45) is 5.92 Å². The molecule has 2 unspecified atom stereocenters. The van der Waals surface area contributed by atoms with E-state index in [1.807, 2.05) is 0 Å². The Morgan fingerprint density at radius 2 is 2.21 bits per heavy atom. The van der Waals surface area contributed by atoms with Gasteiger partial charge in [-0.15, -0.1) is 0 Å². The van der Waals surface area contributed by atoms with Crippen molar-refractivity contribution in [3.63, 3.8) is 0 Å². The molecule has 0 fully saturated rings. The summed E-state index contributed by atoms with van der Waals surface area (Å²) in [5, 5.41) is 7.91. The van der Waals surface area contributed by atoms with Crippen LogP contribution in [0, 0.1) is 5.92 Å². The highest BCUT2D eigenvalue weighted by Gasteiger charge is 2.13. The van der Waals surface area contributed by atoms with E-state index in [2.05, 4.69) is 42.9 Å². The van der Waals surface area contributed by atoms with E-state index in [4.69, 9.17) is 0 Å². The van der Waals surface area contributed by atoms with Crippen LogP contribution in [0.15, 0.2) is 16.8 Å². The van der Waals surface area contributed by atoms with Gasteiger partial charge in [-0.3, -0.25) is 0 Å². The molecule has 1 N–H and O–H groups in total. The minimum absolute atomic E-state index is 0.672. The SMILES string of the molecule is CCCNCC(C)C(C)c1ccsc1. The van der Waals surface area contributed by atoms with Crippen molar-refractivity contribution in [3.8, 4) is 0 Å². The largest absolute Gasteiger partial charge is 0.316 e. The van der Waals surface area contributed by atoms with Crippen LogP contribution in [0.3, 0.4) is 0 Å². The highest BCUT2D eigenvalue weighted by atomic mass is 32.1. The van der Waals surface area contributed by atoms with Crippen LogP contribution in [-0.4, -0.2) is 13.1 Å². The Bertz CT molecular complexity index is 230. The number of thiophene rings is 1. The lowest BCUT2D eigenvalue weighted by atomic mass is 9.91. The molecule has 80 valence electrons. The Hall–Kier alpha value is -0.340. The quantitative estimate of drug-likeness (QED) is 0.710. The maximum Gasteiger partial charge on any atom is -0.00174 e. The summed E-state index contributed by atoms with van der Waals surface area (Å²) in [6.45, 7) is 9.12. The average Bonchev–Trinajstić information content (AvgIpc) is 2.69. The molecule has 0 spiro atoms. The van der Waals surface area contributed by atoms with Gasteiger partial charge in [-0.1, -0.05) is 20.8 Å². The zero-order valence-corrected chi connectivity index (χ0v) is 10.2. The zero-order valence-electron chi connectivity index (χ0n) is 9.42. The lowest BCUT2D eigenvalue weighted by Gasteiger charge is -2.19. The topological polar surface area (TPSA) is 12.0 Å². The van der Waals surface area contributed by atoms with Crippen LogP contribution in [0.1, 0.15) is 38.7 Å². The molecule has 2 atom stereocenters. The lowest BCUT2D eigenvalue weighted by Crippen LogP contribution is -2.24. The van der Waals surface area contributed by atoms with Gasteiger partial charge in [0.25, 0.3) is 0 Å². The van der Waals surface area contributed by atoms with E-state index in [0.29, 0.717) is 5.92 Å². The van der Waals surface area contributed by atoms with Crippen LogP contribution in [0.4, 0.5) is 0 Å². The van der Waals surface area contributed by atoms with Gasteiger partial charge in [0.1, 0.15) is 0 Å². The highest BCUT2D eigenvalue weighted by Crippen LogP contribution is 2.25. The number of hydrogen-bond acceptors (Lipinski definition) is 2. The molecule has 0 aliphatic heterocycles. The van der Waals surface area contributed by atoms with Crippen molar-refractivity contribution in [3.05, 3.63) is 22.4 Å². The van der Waals surface area contributed by atoms with Crippen LogP contribution in [0.2, 0.25) is 0 Å². The number of rotatable bonds is 6.